The number of rotatable bonds is 3. The van der Waals surface area contributed by atoms with E-state index >= 15 is 0 Å². The third-order valence-electron chi connectivity index (χ3n) is 5.46. The molecule has 1 aliphatic rings. The van der Waals surface area contributed by atoms with Gasteiger partial charge in [-0.3, -0.25) is 9.78 Å². The molecule has 0 aromatic carbocycles. The predicted molar refractivity (Wildman–Crippen MR) is 98.5 cm³/mol. The van der Waals surface area contributed by atoms with Gasteiger partial charge in [0.2, 0.25) is 0 Å². The molecule has 1 N–H and O–H groups in total. The van der Waals surface area contributed by atoms with Gasteiger partial charge in [0.25, 0.3) is 0 Å². The Morgan fingerprint density at radius 2 is 2.00 bits per heavy atom. The number of aromatic amines is 1. The van der Waals surface area contributed by atoms with E-state index in [0.29, 0.717) is 12.0 Å². The molecule has 0 unspecified atom stereocenters. The number of nitrogens with zero attached hydrogens (tertiary/aromatic N) is 6. The van der Waals surface area contributed by atoms with Gasteiger partial charge in [0.1, 0.15) is 0 Å². The summed E-state index contributed by atoms with van der Waals surface area (Å²) in [5, 5.41) is 16.0. The zero-order valence-electron chi connectivity index (χ0n) is 14.7. The zero-order chi connectivity index (χ0) is 17.5. The van der Waals surface area contributed by atoms with Crippen molar-refractivity contribution in [1.29, 1.82) is 0 Å². The molecule has 0 spiro atoms. The smallest absolute Gasteiger partial charge is 0.0999 e. The molecule has 4 aromatic heterocycles. The van der Waals surface area contributed by atoms with Crippen molar-refractivity contribution in [1.82, 2.24) is 34.6 Å². The molecular formula is C19H21N7. The highest BCUT2D eigenvalue weighted by molar-refractivity contribution is 5.78. The van der Waals surface area contributed by atoms with Crippen molar-refractivity contribution in [2.45, 2.75) is 38.6 Å². The summed E-state index contributed by atoms with van der Waals surface area (Å²) in [6.07, 6.45) is 16.5. The molecule has 4 heterocycles. The van der Waals surface area contributed by atoms with Gasteiger partial charge in [-0.2, -0.15) is 15.3 Å². The summed E-state index contributed by atoms with van der Waals surface area (Å²) in [5.41, 5.74) is 4.68. The lowest BCUT2D eigenvalue weighted by molar-refractivity contribution is 0.240. The molecule has 0 radical (unpaired) electrons. The second-order valence-corrected chi connectivity index (χ2v) is 7.16. The minimum atomic E-state index is 0.482. The van der Waals surface area contributed by atoms with E-state index < -0.39 is 0 Å². The molecule has 7 nitrogen and oxygen atoms in total. The van der Waals surface area contributed by atoms with Crippen LogP contribution in [0.4, 0.5) is 0 Å². The largest absolute Gasteiger partial charge is 0.285 e. The van der Waals surface area contributed by atoms with Crippen molar-refractivity contribution in [2.24, 2.45) is 5.92 Å². The molecule has 132 valence electrons. The van der Waals surface area contributed by atoms with Crippen LogP contribution in [0.25, 0.3) is 28.0 Å². The third-order valence-corrected chi connectivity index (χ3v) is 5.46. The normalized spacial score (nSPS) is 20.7. The summed E-state index contributed by atoms with van der Waals surface area (Å²) in [5.74, 6) is 0.664. The predicted octanol–water partition coefficient (Wildman–Crippen LogP) is 3.73. The van der Waals surface area contributed by atoms with Crippen LogP contribution >= 0.6 is 0 Å². The summed E-state index contributed by atoms with van der Waals surface area (Å²) in [6, 6.07) is 2.47. The van der Waals surface area contributed by atoms with E-state index in [-0.39, 0.29) is 0 Å². The van der Waals surface area contributed by atoms with E-state index in [1.54, 1.807) is 12.4 Å². The Balaban J connectivity index is 1.59. The molecular weight excluding hydrogens is 326 g/mol. The average Bonchev–Trinajstić information content (AvgIpc) is 3.41. The Morgan fingerprint density at radius 3 is 2.85 bits per heavy atom. The van der Waals surface area contributed by atoms with Crippen molar-refractivity contribution >= 4 is 5.52 Å². The molecule has 1 saturated carbocycles. The van der Waals surface area contributed by atoms with Gasteiger partial charge in [-0.05, 0) is 24.8 Å². The second-order valence-electron chi connectivity index (χ2n) is 7.16. The van der Waals surface area contributed by atoms with Gasteiger partial charge in [-0.15, -0.1) is 0 Å². The summed E-state index contributed by atoms with van der Waals surface area (Å²) >= 11 is 0. The van der Waals surface area contributed by atoms with Gasteiger partial charge in [0, 0.05) is 23.5 Å². The fraction of sp³-hybridized carbons (Fsp3) is 0.368. The summed E-state index contributed by atoms with van der Waals surface area (Å²) in [6.45, 7) is 2.33. The Labute approximate surface area is 151 Å². The third kappa shape index (κ3) is 2.51. The molecule has 0 saturated heterocycles. The number of hydrogen-bond donors (Lipinski definition) is 1. The molecule has 26 heavy (non-hydrogen) atoms. The number of H-pyrrole nitrogens is 1. The second kappa shape index (κ2) is 6.09. The minimum absolute atomic E-state index is 0.482. The number of hydrogen-bond acceptors (Lipinski definition) is 4. The summed E-state index contributed by atoms with van der Waals surface area (Å²) < 4.78 is 4.00. The van der Waals surface area contributed by atoms with Crippen molar-refractivity contribution in [3.05, 3.63) is 43.2 Å². The molecule has 4 aromatic rings. The van der Waals surface area contributed by atoms with Crippen molar-refractivity contribution < 1.29 is 0 Å². The topological polar surface area (TPSA) is 76.7 Å². The Hall–Kier alpha value is -2.96. The monoisotopic (exact) mass is 347 g/mol. The van der Waals surface area contributed by atoms with Crippen LogP contribution in [-0.2, 0) is 0 Å². The van der Waals surface area contributed by atoms with Crippen LogP contribution in [0.1, 0.15) is 38.6 Å². The first-order valence-corrected chi connectivity index (χ1v) is 9.17. The SMILES string of the molecule is C[C@@H]1CCCC[C@H]1n1cc(-c2nc(-c3cn[nH]c3)cn3nccc23)cn1. The van der Waals surface area contributed by atoms with Crippen LogP contribution in [0.5, 0.6) is 0 Å². The van der Waals surface area contributed by atoms with Gasteiger partial charge in [0.15, 0.2) is 0 Å². The van der Waals surface area contributed by atoms with Crippen LogP contribution < -0.4 is 0 Å². The number of fused-ring (bicyclic) bond motifs is 1. The van der Waals surface area contributed by atoms with Crippen LogP contribution in [0.15, 0.2) is 43.2 Å². The quantitative estimate of drug-likeness (QED) is 0.612. The fourth-order valence-electron chi connectivity index (χ4n) is 4.00. The first-order valence-electron chi connectivity index (χ1n) is 9.17. The number of nitrogens with one attached hydrogen (secondary N) is 1. The summed E-state index contributed by atoms with van der Waals surface area (Å²) in [7, 11) is 0. The Bertz CT molecular complexity index is 1030. The van der Waals surface area contributed by atoms with E-state index in [2.05, 4.69) is 38.2 Å². The molecule has 1 fully saturated rings. The molecule has 7 heteroatoms. The van der Waals surface area contributed by atoms with E-state index in [4.69, 9.17) is 4.98 Å². The first-order chi connectivity index (χ1) is 12.8. The first kappa shape index (κ1) is 15.3. The van der Waals surface area contributed by atoms with Crippen LogP contribution in [-0.4, -0.2) is 34.6 Å². The van der Waals surface area contributed by atoms with E-state index in [9.17, 15) is 0 Å². The molecule has 5 rings (SSSR count). The highest BCUT2D eigenvalue weighted by Gasteiger charge is 2.24. The van der Waals surface area contributed by atoms with Crippen LogP contribution in [0, 0.1) is 5.92 Å². The van der Waals surface area contributed by atoms with Crippen molar-refractivity contribution in [3.63, 3.8) is 0 Å². The van der Waals surface area contributed by atoms with E-state index in [1.807, 2.05) is 29.2 Å². The van der Waals surface area contributed by atoms with E-state index in [1.165, 1.54) is 25.7 Å². The maximum atomic E-state index is 4.89. The number of aromatic nitrogens is 7. The van der Waals surface area contributed by atoms with Crippen molar-refractivity contribution in [3.8, 4) is 22.5 Å². The minimum Gasteiger partial charge on any atom is -0.285 e. The highest BCUT2D eigenvalue weighted by atomic mass is 15.3. The van der Waals surface area contributed by atoms with Crippen molar-refractivity contribution in [2.75, 3.05) is 0 Å². The van der Waals surface area contributed by atoms with Gasteiger partial charge >= 0.3 is 0 Å². The summed E-state index contributed by atoms with van der Waals surface area (Å²) in [4.78, 5) is 4.89. The highest BCUT2D eigenvalue weighted by Crippen LogP contribution is 2.34. The average molecular weight is 347 g/mol. The Morgan fingerprint density at radius 1 is 1.08 bits per heavy atom. The molecule has 0 bridgehead atoms. The Kier molecular flexibility index (Phi) is 3.58. The van der Waals surface area contributed by atoms with Gasteiger partial charge in [-0.1, -0.05) is 19.8 Å². The molecule has 0 aliphatic heterocycles. The lowest BCUT2D eigenvalue weighted by Crippen LogP contribution is -2.21. The lowest BCUT2D eigenvalue weighted by Gasteiger charge is -2.28. The van der Waals surface area contributed by atoms with Gasteiger partial charge in [-0.25, -0.2) is 9.50 Å². The van der Waals surface area contributed by atoms with Gasteiger partial charge in [0.05, 0.1) is 47.7 Å². The maximum absolute atomic E-state index is 4.89. The molecule has 1 aliphatic carbocycles. The molecule has 0 amide bonds. The zero-order valence-corrected chi connectivity index (χ0v) is 14.7. The lowest BCUT2D eigenvalue weighted by atomic mass is 9.86. The standard InChI is InChI=1S/C19H21N7/c1-13-4-2-3-5-17(13)25-11-15(10-23-25)19-18-6-7-22-26(18)12-16(24-19)14-8-20-21-9-14/h6-13,17H,2-5H2,1H3,(H,20,21)/t13-,17-/m1/s1. The fourth-order valence-corrected chi connectivity index (χ4v) is 4.00. The van der Waals surface area contributed by atoms with Gasteiger partial charge < -0.3 is 0 Å². The van der Waals surface area contributed by atoms with Crippen LogP contribution in [0.2, 0.25) is 0 Å². The molecule has 2 atom stereocenters. The van der Waals surface area contributed by atoms with E-state index in [0.717, 1.165) is 28.0 Å². The van der Waals surface area contributed by atoms with Crippen LogP contribution in [0.3, 0.4) is 0 Å². The maximum Gasteiger partial charge on any atom is 0.0999 e.